The largest absolute Gasteiger partial charge is 0.490 e. The zero-order chi connectivity index (χ0) is 22.3. The molecule has 0 unspecified atom stereocenters. The van der Waals surface area contributed by atoms with E-state index in [1.54, 1.807) is 6.07 Å². The molecule has 7 nitrogen and oxygen atoms in total. The first-order valence-corrected chi connectivity index (χ1v) is 11.3. The lowest BCUT2D eigenvalue weighted by Crippen LogP contribution is -2.23. The van der Waals surface area contributed by atoms with E-state index < -0.39 is 10.0 Å². The van der Waals surface area contributed by atoms with E-state index in [-0.39, 0.29) is 17.2 Å². The number of nitrogens with one attached hydrogen (secondary N) is 1. The molecule has 164 valence electrons. The van der Waals surface area contributed by atoms with Crippen LogP contribution in [0, 0.1) is 13.8 Å². The normalized spacial score (nSPS) is 11.4. The number of benzene rings is 2. The number of sulfonamides is 1. The standard InChI is InChI=1S/C22H30N2O5S/c1-6-28-20-10-7-8-11-21(20)29-13-9-12-22(25)23-19-15-18(14-16(2)17(19)3)30(26,27)24(4)5/h7-8,10-11,14-15H,6,9,12-13H2,1-5H3,(H,23,25). The number of carbonyl (C=O) groups excluding carboxylic acids is 1. The van der Waals surface area contributed by atoms with Crippen molar-refractivity contribution in [3.05, 3.63) is 47.5 Å². The maximum atomic E-state index is 12.4. The van der Waals surface area contributed by atoms with Gasteiger partial charge in [0.2, 0.25) is 15.9 Å². The third kappa shape index (κ3) is 5.96. The number of para-hydroxylation sites is 2. The summed E-state index contributed by atoms with van der Waals surface area (Å²) in [5, 5.41) is 2.83. The molecule has 0 bridgehead atoms. The number of nitrogens with zero attached hydrogens (tertiary/aromatic N) is 1. The Hall–Kier alpha value is -2.58. The molecule has 0 aliphatic carbocycles. The van der Waals surface area contributed by atoms with Crippen LogP contribution in [0.15, 0.2) is 41.3 Å². The van der Waals surface area contributed by atoms with Gasteiger partial charge in [-0.25, -0.2) is 12.7 Å². The fraction of sp³-hybridized carbons (Fsp3) is 0.409. The molecule has 0 aliphatic rings. The Morgan fingerprint density at radius 1 is 1.07 bits per heavy atom. The number of amides is 1. The fourth-order valence-electron chi connectivity index (χ4n) is 2.79. The molecular formula is C22H30N2O5S. The van der Waals surface area contributed by atoms with Crippen LogP contribution in [0.3, 0.4) is 0 Å². The molecule has 0 atom stereocenters. The first-order chi connectivity index (χ1) is 14.2. The first-order valence-electron chi connectivity index (χ1n) is 9.85. The van der Waals surface area contributed by atoms with Crippen LogP contribution in [0.1, 0.15) is 30.9 Å². The van der Waals surface area contributed by atoms with E-state index in [1.807, 2.05) is 45.0 Å². The van der Waals surface area contributed by atoms with Gasteiger partial charge < -0.3 is 14.8 Å². The van der Waals surface area contributed by atoms with Gasteiger partial charge in [0.25, 0.3) is 0 Å². The van der Waals surface area contributed by atoms with Gasteiger partial charge in [0.15, 0.2) is 11.5 Å². The van der Waals surface area contributed by atoms with Crippen molar-refractivity contribution in [2.75, 3.05) is 32.6 Å². The van der Waals surface area contributed by atoms with Gasteiger partial charge >= 0.3 is 0 Å². The molecule has 0 spiro atoms. The first kappa shape index (κ1) is 23.7. The number of hydrogen-bond donors (Lipinski definition) is 1. The summed E-state index contributed by atoms with van der Waals surface area (Å²) in [4.78, 5) is 12.6. The maximum absolute atomic E-state index is 12.4. The second kappa shape index (κ2) is 10.4. The van der Waals surface area contributed by atoms with Gasteiger partial charge in [-0.3, -0.25) is 4.79 Å². The number of anilines is 1. The van der Waals surface area contributed by atoms with Gasteiger partial charge in [-0.05, 0) is 62.6 Å². The van der Waals surface area contributed by atoms with E-state index in [0.717, 1.165) is 15.4 Å². The molecule has 0 saturated heterocycles. The van der Waals surface area contributed by atoms with E-state index in [9.17, 15) is 13.2 Å². The maximum Gasteiger partial charge on any atom is 0.242 e. The van der Waals surface area contributed by atoms with Crippen molar-refractivity contribution < 1.29 is 22.7 Å². The lowest BCUT2D eigenvalue weighted by Gasteiger charge is -2.16. The summed E-state index contributed by atoms with van der Waals surface area (Å²) in [7, 11) is -0.627. The third-order valence-electron chi connectivity index (χ3n) is 4.65. The van der Waals surface area contributed by atoms with E-state index in [4.69, 9.17) is 9.47 Å². The molecule has 8 heteroatoms. The highest BCUT2D eigenvalue weighted by molar-refractivity contribution is 7.89. The van der Waals surface area contributed by atoms with Crippen LogP contribution in [0.25, 0.3) is 0 Å². The molecule has 0 aromatic heterocycles. The molecule has 0 heterocycles. The highest BCUT2D eigenvalue weighted by atomic mass is 32.2. The van der Waals surface area contributed by atoms with Crippen molar-refractivity contribution in [2.24, 2.45) is 0 Å². The summed E-state index contributed by atoms with van der Waals surface area (Å²) in [6, 6.07) is 10.5. The zero-order valence-corrected chi connectivity index (χ0v) is 19.0. The Morgan fingerprint density at radius 3 is 2.30 bits per heavy atom. The van der Waals surface area contributed by atoms with Crippen molar-refractivity contribution in [1.29, 1.82) is 0 Å². The van der Waals surface area contributed by atoms with Crippen molar-refractivity contribution >= 4 is 21.6 Å². The van der Waals surface area contributed by atoms with E-state index in [1.165, 1.54) is 20.2 Å². The molecule has 0 radical (unpaired) electrons. The minimum Gasteiger partial charge on any atom is -0.490 e. The van der Waals surface area contributed by atoms with Crippen LogP contribution in [-0.4, -0.2) is 45.9 Å². The molecule has 0 fully saturated rings. The number of rotatable bonds is 10. The van der Waals surface area contributed by atoms with Crippen molar-refractivity contribution in [3.8, 4) is 11.5 Å². The second-order valence-corrected chi connectivity index (χ2v) is 9.23. The average Bonchev–Trinajstić information content (AvgIpc) is 2.69. The van der Waals surface area contributed by atoms with Crippen LogP contribution in [0.2, 0.25) is 0 Å². The van der Waals surface area contributed by atoms with Gasteiger partial charge in [0, 0.05) is 26.2 Å². The molecule has 0 aliphatic heterocycles. The molecule has 2 aromatic rings. The number of ether oxygens (including phenoxy) is 2. The third-order valence-corrected chi connectivity index (χ3v) is 6.44. The summed E-state index contributed by atoms with van der Waals surface area (Å²) < 4.78 is 37.3. The van der Waals surface area contributed by atoms with E-state index >= 15 is 0 Å². The monoisotopic (exact) mass is 434 g/mol. The van der Waals surface area contributed by atoms with Crippen LogP contribution in [0.5, 0.6) is 11.5 Å². The van der Waals surface area contributed by atoms with Crippen molar-refractivity contribution in [2.45, 2.75) is 38.5 Å². The predicted molar refractivity (Wildman–Crippen MR) is 118 cm³/mol. The minimum atomic E-state index is -3.58. The fourth-order valence-corrected chi connectivity index (χ4v) is 3.80. The Balaban J connectivity index is 1.98. The summed E-state index contributed by atoms with van der Waals surface area (Å²) >= 11 is 0. The number of aryl methyl sites for hydroxylation is 1. The van der Waals surface area contributed by atoms with Crippen molar-refractivity contribution in [1.82, 2.24) is 4.31 Å². The molecule has 1 amide bonds. The Bertz CT molecular complexity index is 987. The molecule has 2 aromatic carbocycles. The number of hydrogen-bond acceptors (Lipinski definition) is 5. The Labute approximate surface area is 179 Å². The van der Waals surface area contributed by atoms with Gasteiger partial charge in [-0.15, -0.1) is 0 Å². The summed E-state index contributed by atoms with van der Waals surface area (Å²) in [6.07, 6.45) is 0.764. The summed E-state index contributed by atoms with van der Waals surface area (Å²) in [6.45, 7) is 6.49. The van der Waals surface area contributed by atoms with Gasteiger partial charge in [0.05, 0.1) is 18.1 Å². The van der Waals surface area contributed by atoms with E-state index in [2.05, 4.69) is 5.32 Å². The van der Waals surface area contributed by atoms with Crippen LogP contribution >= 0.6 is 0 Å². The average molecular weight is 435 g/mol. The highest BCUT2D eigenvalue weighted by Gasteiger charge is 2.20. The summed E-state index contributed by atoms with van der Waals surface area (Å²) in [5.41, 5.74) is 2.13. The smallest absolute Gasteiger partial charge is 0.242 e. The lowest BCUT2D eigenvalue weighted by molar-refractivity contribution is -0.116. The van der Waals surface area contributed by atoms with Crippen LogP contribution in [0.4, 0.5) is 5.69 Å². The van der Waals surface area contributed by atoms with E-state index in [0.29, 0.717) is 36.8 Å². The molecule has 2 rings (SSSR count). The second-order valence-electron chi connectivity index (χ2n) is 7.08. The zero-order valence-electron chi connectivity index (χ0n) is 18.2. The van der Waals surface area contributed by atoms with Crippen LogP contribution in [-0.2, 0) is 14.8 Å². The SMILES string of the molecule is CCOc1ccccc1OCCCC(=O)Nc1cc(S(=O)(=O)N(C)C)cc(C)c1C. The summed E-state index contributed by atoms with van der Waals surface area (Å²) in [5.74, 6) is 1.13. The molecule has 0 saturated carbocycles. The van der Waals surface area contributed by atoms with Crippen molar-refractivity contribution in [3.63, 3.8) is 0 Å². The molecular weight excluding hydrogens is 404 g/mol. The number of carbonyl (C=O) groups is 1. The quantitative estimate of drug-likeness (QED) is 0.576. The van der Waals surface area contributed by atoms with Gasteiger partial charge in [-0.2, -0.15) is 0 Å². The Kier molecular flexibility index (Phi) is 8.25. The Morgan fingerprint density at radius 2 is 1.70 bits per heavy atom. The molecule has 1 N–H and O–H groups in total. The van der Waals surface area contributed by atoms with Gasteiger partial charge in [-0.1, -0.05) is 12.1 Å². The predicted octanol–water partition coefficient (Wildman–Crippen LogP) is 3.75. The molecule has 30 heavy (non-hydrogen) atoms. The topological polar surface area (TPSA) is 84.9 Å². The minimum absolute atomic E-state index is 0.154. The van der Waals surface area contributed by atoms with Crippen LogP contribution < -0.4 is 14.8 Å². The highest BCUT2D eigenvalue weighted by Crippen LogP contribution is 2.27. The van der Waals surface area contributed by atoms with Gasteiger partial charge in [0.1, 0.15) is 0 Å². The lowest BCUT2D eigenvalue weighted by atomic mass is 10.1.